The lowest BCUT2D eigenvalue weighted by molar-refractivity contribution is -0.111. The number of aromatic nitrogens is 1. The van der Waals surface area contributed by atoms with Crippen LogP contribution in [0.25, 0.3) is 17.3 Å². The number of nitrogens with zero attached hydrogens (tertiary/aromatic N) is 2. The van der Waals surface area contributed by atoms with Crippen LogP contribution >= 0.6 is 11.3 Å². The highest BCUT2D eigenvalue weighted by atomic mass is 32.1. The minimum absolute atomic E-state index is 0.118. The molecule has 0 radical (unpaired) electrons. The molecular weight excluding hydrogens is 430 g/mol. The second kappa shape index (κ2) is 9.51. The molecule has 0 bridgehead atoms. The highest BCUT2D eigenvalue weighted by molar-refractivity contribution is 7.07. The molecule has 6 heteroatoms. The van der Waals surface area contributed by atoms with Gasteiger partial charge in [-0.2, -0.15) is 5.26 Å². The fourth-order valence-corrected chi connectivity index (χ4v) is 4.70. The maximum absolute atomic E-state index is 13.4. The Hall–Kier alpha value is -4.21. The Morgan fingerprint density at radius 3 is 2.18 bits per heavy atom. The van der Waals surface area contributed by atoms with Gasteiger partial charge in [0.15, 0.2) is 5.57 Å². The van der Waals surface area contributed by atoms with Crippen LogP contribution in [0.4, 0.5) is 5.69 Å². The molecule has 4 aromatic rings. The highest BCUT2D eigenvalue weighted by Gasteiger charge is 2.17. The average Bonchev–Trinajstić information content (AvgIpc) is 3.10. The molecule has 0 aliphatic rings. The molecule has 162 valence electrons. The molecule has 0 aliphatic heterocycles. The predicted octanol–water partition coefficient (Wildman–Crippen LogP) is 3.66. The van der Waals surface area contributed by atoms with Gasteiger partial charge in [-0.25, -0.2) is 0 Å². The summed E-state index contributed by atoms with van der Waals surface area (Å²) in [6, 6.07) is 26.2. The number of anilines is 1. The zero-order valence-electron chi connectivity index (χ0n) is 18.2. The summed E-state index contributed by atoms with van der Waals surface area (Å²) in [6.07, 6.45) is 1.77. The first kappa shape index (κ1) is 22.0. The van der Waals surface area contributed by atoms with Crippen LogP contribution in [0.15, 0.2) is 83.7 Å². The highest BCUT2D eigenvalue weighted by Crippen LogP contribution is 2.15. The van der Waals surface area contributed by atoms with Crippen molar-refractivity contribution in [3.05, 3.63) is 115 Å². The Balaban J connectivity index is 1.94. The Labute approximate surface area is 195 Å². The van der Waals surface area contributed by atoms with Crippen molar-refractivity contribution in [2.75, 3.05) is 5.32 Å². The Morgan fingerprint density at radius 2 is 1.58 bits per heavy atom. The SMILES string of the molecule is Cc1cc(C)cc(NC(=O)/C(C#N)=c2/s/c(=C/c3ccccc3)c(=O)n2-c2ccccc2)c1. The molecule has 3 aromatic carbocycles. The Bertz CT molecular complexity index is 1520. The maximum Gasteiger partial charge on any atom is 0.273 e. The second-order valence-corrected chi connectivity index (χ2v) is 8.65. The number of carbonyl (C=O) groups is 1. The predicted molar refractivity (Wildman–Crippen MR) is 133 cm³/mol. The van der Waals surface area contributed by atoms with Crippen molar-refractivity contribution in [1.82, 2.24) is 4.57 Å². The Morgan fingerprint density at radius 1 is 0.970 bits per heavy atom. The summed E-state index contributed by atoms with van der Waals surface area (Å²) in [6.45, 7) is 3.88. The maximum atomic E-state index is 13.4. The van der Waals surface area contributed by atoms with Gasteiger partial charge >= 0.3 is 0 Å². The van der Waals surface area contributed by atoms with Crippen LogP contribution in [-0.4, -0.2) is 10.5 Å². The number of benzene rings is 3. The molecular formula is C27H21N3O2S. The van der Waals surface area contributed by atoms with Crippen LogP contribution in [0.5, 0.6) is 0 Å². The van der Waals surface area contributed by atoms with Crippen molar-refractivity contribution in [1.29, 1.82) is 5.26 Å². The van der Waals surface area contributed by atoms with E-state index >= 15 is 0 Å². The first-order chi connectivity index (χ1) is 16.0. The van der Waals surface area contributed by atoms with Gasteiger partial charge in [0.05, 0.1) is 10.2 Å². The van der Waals surface area contributed by atoms with Crippen molar-refractivity contribution in [3.63, 3.8) is 0 Å². The zero-order valence-corrected chi connectivity index (χ0v) is 19.0. The van der Waals surface area contributed by atoms with Gasteiger partial charge in [-0.05, 0) is 60.9 Å². The molecule has 1 heterocycles. The van der Waals surface area contributed by atoms with E-state index in [-0.39, 0.29) is 15.8 Å². The molecule has 1 aromatic heterocycles. The summed E-state index contributed by atoms with van der Waals surface area (Å²) < 4.78 is 2.16. The summed E-state index contributed by atoms with van der Waals surface area (Å²) in [5.74, 6) is -0.556. The lowest BCUT2D eigenvalue weighted by atomic mass is 10.1. The van der Waals surface area contributed by atoms with Gasteiger partial charge in [0.2, 0.25) is 0 Å². The van der Waals surface area contributed by atoms with Crippen molar-refractivity contribution in [2.45, 2.75) is 13.8 Å². The average molecular weight is 452 g/mol. The van der Waals surface area contributed by atoms with E-state index < -0.39 is 5.91 Å². The van der Waals surface area contributed by atoms with E-state index in [1.165, 1.54) is 4.57 Å². The van der Waals surface area contributed by atoms with Gasteiger partial charge in [-0.3, -0.25) is 14.2 Å². The topological polar surface area (TPSA) is 74.9 Å². The van der Waals surface area contributed by atoms with Crippen molar-refractivity contribution < 1.29 is 4.79 Å². The van der Waals surface area contributed by atoms with E-state index in [2.05, 4.69) is 5.32 Å². The van der Waals surface area contributed by atoms with Crippen molar-refractivity contribution in [2.24, 2.45) is 0 Å². The minimum atomic E-state index is -0.556. The number of hydrogen-bond acceptors (Lipinski definition) is 4. The van der Waals surface area contributed by atoms with E-state index in [0.29, 0.717) is 15.9 Å². The van der Waals surface area contributed by atoms with Gasteiger partial charge in [0.25, 0.3) is 11.5 Å². The van der Waals surface area contributed by atoms with Crippen LogP contribution in [0.3, 0.4) is 0 Å². The van der Waals surface area contributed by atoms with Gasteiger partial charge in [-0.15, -0.1) is 11.3 Å². The number of amides is 1. The standard InChI is InChI=1S/C27H21N3O2S/c1-18-13-19(2)15-21(14-18)29-25(31)23(17-28)27-30(22-11-7-4-8-12-22)26(32)24(33-27)16-20-9-5-3-6-10-20/h3-16H,1-2H3,(H,29,31)/b24-16+,27-23+. The molecule has 0 fully saturated rings. The van der Waals surface area contributed by atoms with Gasteiger partial charge in [-0.1, -0.05) is 54.6 Å². The van der Waals surface area contributed by atoms with E-state index in [4.69, 9.17) is 0 Å². The first-order valence-corrected chi connectivity index (χ1v) is 11.2. The van der Waals surface area contributed by atoms with Crippen molar-refractivity contribution in [3.8, 4) is 11.8 Å². The van der Waals surface area contributed by atoms with Crippen LogP contribution in [0, 0.1) is 25.2 Å². The van der Waals surface area contributed by atoms with E-state index in [1.807, 2.05) is 86.6 Å². The number of rotatable bonds is 4. The smallest absolute Gasteiger partial charge is 0.273 e. The molecule has 1 N–H and O–H groups in total. The molecule has 33 heavy (non-hydrogen) atoms. The fourth-order valence-electron chi connectivity index (χ4n) is 3.60. The fraction of sp³-hybridized carbons (Fsp3) is 0.0741. The molecule has 1 amide bonds. The third-order valence-corrected chi connectivity index (χ3v) is 6.06. The third kappa shape index (κ3) is 4.84. The third-order valence-electron chi connectivity index (χ3n) is 4.97. The van der Waals surface area contributed by atoms with Gasteiger partial charge in [0, 0.05) is 5.69 Å². The van der Waals surface area contributed by atoms with Crippen LogP contribution in [0.2, 0.25) is 0 Å². The normalized spacial score (nSPS) is 12.2. The second-order valence-electron chi connectivity index (χ2n) is 7.62. The number of aryl methyl sites for hydroxylation is 2. The largest absolute Gasteiger partial charge is 0.321 e. The Kier molecular flexibility index (Phi) is 6.34. The van der Waals surface area contributed by atoms with E-state index in [9.17, 15) is 14.9 Å². The molecule has 0 saturated carbocycles. The molecule has 0 atom stereocenters. The molecule has 0 spiro atoms. The van der Waals surface area contributed by atoms with Crippen LogP contribution < -0.4 is 20.1 Å². The quantitative estimate of drug-likeness (QED) is 0.515. The van der Waals surface area contributed by atoms with Gasteiger partial charge in [0.1, 0.15) is 10.7 Å². The number of nitriles is 1. The minimum Gasteiger partial charge on any atom is -0.321 e. The monoisotopic (exact) mass is 451 g/mol. The number of thiazole rings is 1. The summed E-state index contributed by atoms with van der Waals surface area (Å²) in [4.78, 5) is 26.5. The molecule has 0 saturated heterocycles. The summed E-state index contributed by atoms with van der Waals surface area (Å²) >= 11 is 1.13. The number of nitrogens with one attached hydrogen (secondary N) is 1. The lowest BCUT2D eigenvalue weighted by Gasteiger charge is -2.07. The van der Waals surface area contributed by atoms with E-state index in [1.54, 1.807) is 18.2 Å². The summed E-state index contributed by atoms with van der Waals surface area (Å²) in [7, 11) is 0. The van der Waals surface area contributed by atoms with E-state index in [0.717, 1.165) is 28.0 Å². The molecule has 5 nitrogen and oxygen atoms in total. The number of para-hydroxylation sites is 1. The molecule has 0 aliphatic carbocycles. The zero-order chi connectivity index (χ0) is 23.4. The first-order valence-electron chi connectivity index (χ1n) is 10.3. The summed E-state index contributed by atoms with van der Waals surface area (Å²) in [5, 5.41) is 12.7. The van der Waals surface area contributed by atoms with Crippen LogP contribution in [-0.2, 0) is 4.79 Å². The summed E-state index contributed by atoms with van der Waals surface area (Å²) in [5.41, 5.74) is 3.66. The molecule has 4 rings (SSSR count). The van der Waals surface area contributed by atoms with Gasteiger partial charge < -0.3 is 5.32 Å². The van der Waals surface area contributed by atoms with Crippen LogP contribution in [0.1, 0.15) is 16.7 Å². The number of carbonyl (C=O) groups excluding carboxylic acids is 1. The lowest BCUT2D eigenvalue weighted by Crippen LogP contribution is -2.32. The number of hydrogen-bond donors (Lipinski definition) is 1. The van der Waals surface area contributed by atoms with Crippen molar-refractivity contribution >= 4 is 34.6 Å². The molecule has 0 unspecified atom stereocenters.